The van der Waals surface area contributed by atoms with Crippen molar-refractivity contribution >= 4 is 70.6 Å². The van der Waals surface area contributed by atoms with Gasteiger partial charge in [0.05, 0.1) is 48.7 Å². The van der Waals surface area contributed by atoms with Gasteiger partial charge >= 0.3 is 0 Å². The molecule has 1 saturated carbocycles. The standard InChI is InChI=1S/C28H20BCl3FN7/c29-28(16-4-6-17(33)7-5-16,24-14-40(39-38-24)19-8-9-19)37-18-10-20-26(36-23-3-1-2-21(30)25(23)32)15(12-34)13-35-27(20)22(31)11-18/h1-7,10-11,13-14,19,37-39H,8-9H2,(H,35,36). The Morgan fingerprint density at radius 3 is 2.60 bits per heavy atom. The number of hydrogen-bond donors (Lipinski definition) is 4. The zero-order chi connectivity index (χ0) is 28.0. The van der Waals surface area contributed by atoms with E-state index in [0.29, 0.717) is 60.3 Å². The van der Waals surface area contributed by atoms with Crippen molar-refractivity contribution in [2.24, 2.45) is 0 Å². The van der Waals surface area contributed by atoms with Gasteiger partial charge < -0.3 is 16.1 Å². The number of hydrazine groups is 2. The summed E-state index contributed by atoms with van der Waals surface area (Å²) in [5.74, 6) is -0.378. The highest BCUT2D eigenvalue weighted by molar-refractivity contribution is 6.43. The fourth-order valence-corrected chi connectivity index (χ4v) is 5.22. The minimum Gasteiger partial charge on any atom is -0.378 e. The van der Waals surface area contributed by atoms with Gasteiger partial charge in [-0.25, -0.2) is 4.39 Å². The summed E-state index contributed by atoms with van der Waals surface area (Å²) in [6, 6.07) is 17.2. The lowest BCUT2D eigenvalue weighted by Crippen LogP contribution is -2.45. The molecule has 6 rings (SSSR count). The Hall–Kier alpha value is -3.68. The first kappa shape index (κ1) is 26.5. The third-order valence-electron chi connectivity index (χ3n) is 6.85. The van der Waals surface area contributed by atoms with Crippen LogP contribution in [0.25, 0.3) is 10.9 Å². The number of benzene rings is 3. The molecule has 1 aromatic heterocycles. The molecule has 4 N–H and O–H groups in total. The average molecular weight is 591 g/mol. The van der Waals surface area contributed by atoms with E-state index in [4.69, 9.17) is 42.6 Å². The van der Waals surface area contributed by atoms with Crippen LogP contribution < -0.4 is 21.6 Å². The Kier molecular flexibility index (Phi) is 6.89. The van der Waals surface area contributed by atoms with Gasteiger partial charge in [0.15, 0.2) is 0 Å². The van der Waals surface area contributed by atoms with Crippen molar-refractivity contribution in [2.75, 3.05) is 10.6 Å². The molecule has 1 aliphatic carbocycles. The molecular weight excluding hydrogens is 571 g/mol. The van der Waals surface area contributed by atoms with Gasteiger partial charge in [-0.15, -0.1) is 5.53 Å². The molecule has 40 heavy (non-hydrogen) atoms. The second kappa shape index (κ2) is 10.4. The topological polar surface area (TPSA) is 88.0 Å². The Morgan fingerprint density at radius 2 is 1.88 bits per heavy atom. The molecule has 1 unspecified atom stereocenters. The van der Waals surface area contributed by atoms with E-state index in [1.807, 2.05) is 11.2 Å². The fraction of sp³-hybridized carbons (Fsp3) is 0.143. The molecule has 7 nitrogen and oxygen atoms in total. The molecule has 2 aliphatic rings. The van der Waals surface area contributed by atoms with E-state index < -0.39 is 5.44 Å². The summed E-state index contributed by atoms with van der Waals surface area (Å²) in [4.78, 5) is 4.42. The van der Waals surface area contributed by atoms with Crippen molar-refractivity contribution in [3.8, 4) is 6.07 Å². The molecule has 1 aliphatic heterocycles. The van der Waals surface area contributed by atoms with Gasteiger partial charge in [0.1, 0.15) is 19.7 Å². The predicted molar refractivity (Wildman–Crippen MR) is 158 cm³/mol. The van der Waals surface area contributed by atoms with Gasteiger partial charge in [-0.3, -0.25) is 9.99 Å². The van der Waals surface area contributed by atoms with Crippen LogP contribution in [0.2, 0.25) is 15.1 Å². The molecule has 0 saturated heterocycles. The second-order valence-electron chi connectivity index (χ2n) is 9.60. The van der Waals surface area contributed by atoms with Crippen molar-refractivity contribution in [3.63, 3.8) is 0 Å². The molecular formula is C28H20BCl3FN7. The number of hydrogen-bond acceptors (Lipinski definition) is 7. The van der Waals surface area contributed by atoms with E-state index >= 15 is 0 Å². The molecule has 12 heteroatoms. The molecule has 0 spiro atoms. The molecule has 2 heterocycles. The minimum atomic E-state index is -1.31. The number of rotatable bonds is 7. The number of anilines is 3. The number of aromatic nitrogens is 1. The van der Waals surface area contributed by atoms with Gasteiger partial charge in [0, 0.05) is 29.5 Å². The molecule has 1 atom stereocenters. The van der Waals surface area contributed by atoms with Crippen LogP contribution >= 0.6 is 34.8 Å². The largest absolute Gasteiger partial charge is 0.378 e. The summed E-state index contributed by atoms with van der Waals surface area (Å²) in [7, 11) is 7.05. The highest BCUT2D eigenvalue weighted by atomic mass is 35.5. The number of fused-ring (bicyclic) bond motifs is 1. The summed E-state index contributed by atoms with van der Waals surface area (Å²) in [5.41, 5.74) is 8.45. The lowest BCUT2D eigenvalue weighted by Gasteiger charge is -2.34. The van der Waals surface area contributed by atoms with Crippen molar-refractivity contribution in [1.82, 2.24) is 21.0 Å². The molecule has 198 valence electrons. The molecule has 4 aromatic rings. The summed E-state index contributed by atoms with van der Waals surface area (Å²) in [6.45, 7) is 0. The first-order chi connectivity index (χ1) is 19.3. The van der Waals surface area contributed by atoms with Gasteiger partial charge in [0.25, 0.3) is 0 Å². The van der Waals surface area contributed by atoms with Gasteiger partial charge in [-0.05, 0) is 54.8 Å². The third kappa shape index (κ3) is 4.89. The molecule has 2 radical (unpaired) electrons. The predicted octanol–water partition coefficient (Wildman–Crippen LogP) is 6.71. The number of pyridine rings is 1. The maximum atomic E-state index is 13.8. The molecule has 0 bridgehead atoms. The van der Waals surface area contributed by atoms with Gasteiger partial charge in [0.2, 0.25) is 0 Å². The van der Waals surface area contributed by atoms with Crippen LogP contribution in [-0.2, 0) is 5.44 Å². The van der Waals surface area contributed by atoms with Crippen LogP contribution in [0.4, 0.5) is 21.5 Å². The van der Waals surface area contributed by atoms with E-state index in [2.05, 4.69) is 32.6 Å². The summed E-state index contributed by atoms with van der Waals surface area (Å²) in [6.07, 6.45) is 5.49. The molecule has 1 fully saturated rings. The van der Waals surface area contributed by atoms with E-state index in [1.54, 1.807) is 42.5 Å². The van der Waals surface area contributed by atoms with Crippen LogP contribution in [0, 0.1) is 17.1 Å². The summed E-state index contributed by atoms with van der Waals surface area (Å²) < 4.78 is 13.8. The highest BCUT2D eigenvalue weighted by Crippen LogP contribution is 2.40. The Labute approximate surface area is 246 Å². The zero-order valence-electron chi connectivity index (χ0n) is 20.8. The maximum absolute atomic E-state index is 13.8. The van der Waals surface area contributed by atoms with E-state index in [-0.39, 0.29) is 11.4 Å². The normalized spacial score (nSPS) is 16.2. The van der Waals surface area contributed by atoms with Crippen LogP contribution in [0.3, 0.4) is 0 Å². The van der Waals surface area contributed by atoms with E-state index in [9.17, 15) is 9.65 Å². The molecule has 3 aromatic carbocycles. The van der Waals surface area contributed by atoms with Crippen molar-refractivity contribution < 1.29 is 4.39 Å². The molecule has 0 amide bonds. The third-order valence-corrected chi connectivity index (χ3v) is 7.96. The van der Waals surface area contributed by atoms with Crippen molar-refractivity contribution in [2.45, 2.75) is 24.3 Å². The van der Waals surface area contributed by atoms with Crippen molar-refractivity contribution in [1.29, 1.82) is 5.26 Å². The number of nitrogens with one attached hydrogen (secondary N) is 4. The monoisotopic (exact) mass is 589 g/mol. The number of nitrogens with zero attached hydrogens (tertiary/aromatic N) is 3. The summed E-state index contributed by atoms with van der Waals surface area (Å²) in [5, 5.41) is 20.0. The lowest BCUT2D eigenvalue weighted by atomic mass is 9.69. The lowest BCUT2D eigenvalue weighted by molar-refractivity contribution is 0.260. The first-order valence-corrected chi connectivity index (χ1v) is 13.5. The quantitative estimate of drug-likeness (QED) is 0.178. The Balaban J connectivity index is 1.47. The van der Waals surface area contributed by atoms with Crippen LogP contribution in [-0.4, -0.2) is 23.9 Å². The SMILES string of the molecule is [B]C(Nc1cc(Cl)c2ncc(C#N)c(Nc3cccc(Cl)c3Cl)c2c1)(C1=CN(C2CC2)NN1)c1ccc(F)cc1. The number of halogens is 4. The first-order valence-electron chi connectivity index (χ1n) is 12.4. The van der Waals surface area contributed by atoms with Gasteiger partial charge in [-0.1, -0.05) is 53.0 Å². The Bertz CT molecular complexity index is 1710. The highest BCUT2D eigenvalue weighted by Gasteiger charge is 2.37. The fourth-order valence-electron chi connectivity index (χ4n) is 4.60. The zero-order valence-corrected chi connectivity index (χ0v) is 23.0. The van der Waals surface area contributed by atoms with E-state index in [1.165, 1.54) is 18.3 Å². The smallest absolute Gasteiger partial charge is 0.123 e. The van der Waals surface area contributed by atoms with Gasteiger partial charge in [-0.2, -0.15) is 5.26 Å². The van der Waals surface area contributed by atoms with Crippen LogP contribution in [0.1, 0.15) is 24.0 Å². The maximum Gasteiger partial charge on any atom is 0.123 e. The average Bonchev–Trinajstić information content (AvgIpc) is 3.67. The summed E-state index contributed by atoms with van der Waals surface area (Å²) >= 11 is 19.4. The minimum absolute atomic E-state index is 0.277. The van der Waals surface area contributed by atoms with E-state index in [0.717, 1.165) is 12.8 Å². The Morgan fingerprint density at radius 1 is 1.10 bits per heavy atom. The van der Waals surface area contributed by atoms with Crippen LogP contribution in [0.5, 0.6) is 0 Å². The number of nitriles is 1. The van der Waals surface area contributed by atoms with Crippen LogP contribution in [0.15, 0.2) is 72.7 Å². The second-order valence-corrected chi connectivity index (χ2v) is 10.8. The van der Waals surface area contributed by atoms with Crippen molar-refractivity contribution in [3.05, 3.63) is 105 Å².